The maximum atomic E-state index is 12.1. The molecular formula is C17H21NO8. The maximum absolute atomic E-state index is 12.1. The van der Waals surface area contributed by atoms with Gasteiger partial charge in [-0.1, -0.05) is 12.1 Å². The normalized spacial score (nSPS) is 11.0. The van der Waals surface area contributed by atoms with Gasteiger partial charge in [-0.2, -0.15) is 0 Å². The van der Waals surface area contributed by atoms with Crippen molar-refractivity contribution in [3.05, 3.63) is 29.8 Å². The van der Waals surface area contributed by atoms with Crippen molar-refractivity contribution in [2.24, 2.45) is 0 Å². The van der Waals surface area contributed by atoms with E-state index < -0.39 is 36.5 Å². The molecule has 26 heavy (non-hydrogen) atoms. The number of methoxy groups -OCH3 is 2. The second kappa shape index (κ2) is 10.7. The topological polar surface area (TPSA) is 117 Å². The van der Waals surface area contributed by atoms with Crippen LogP contribution < -0.4 is 10.1 Å². The molecule has 0 heterocycles. The number of hydrogen-bond donors (Lipinski definition) is 1. The molecule has 0 saturated carbocycles. The van der Waals surface area contributed by atoms with Crippen LogP contribution in [0.2, 0.25) is 0 Å². The first-order valence-electron chi connectivity index (χ1n) is 7.64. The summed E-state index contributed by atoms with van der Waals surface area (Å²) in [6.07, 6.45) is 0.150. The largest absolute Gasteiger partial charge is 0.482 e. The fourth-order valence-electron chi connectivity index (χ4n) is 1.89. The van der Waals surface area contributed by atoms with Gasteiger partial charge in [-0.3, -0.25) is 4.79 Å². The third kappa shape index (κ3) is 7.65. The van der Waals surface area contributed by atoms with E-state index in [1.165, 1.54) is 21.1 Å². The van der Waals surface area contributed by atoms with Crippen LogP contribution in [0.4, 0.5) is 0 Å². The van der Waals surface area contributed by atoms with Crippen LogP contribution >= 0.6 is 0 Å². The fourth-order valence-corrected chi connectivity index (χ4v) is 1.89. The van der Waals surface area contributed by atoms with Crippen molar-refractivity contribution in [2.75, 3.05) is 27.4 Å². The number of esters is 3. The summed E-state index contributed by atoms with van der Waals surface area (Å²) in [6.45, 7) is 0.514. The van der Waals surface area contributed by atoms with Crippen molar-refractivity contribution >= 4 is 23.8 Å². The lowest BCUT2D eigenvalue weighted by molar-refractivity contribution is -0.158. The van der Waals surface area contributed by atoms with E-state index in [9.17, 15) is 19.2 Å². The molecule has 0 fully saturated rings. The molecule has 9 nitrogen and oxygen atoms in total. The van der Waals surface area contributed by atoms with Gasteiger partial charge in [-0.15, -0.1) is 0 Å². The SMILES string of the molecule is COC(=O)COC(=O)[C@@H](Cc1ccc(OCC(=O)OC)cc1)NC(C)=O. The van der Waals surface area contributed by atoms with Crippen LogP contribution in [0.5, 0.6) is 5.75 Å². The summed E-state index contributed by atoms with van der Waals surface area (Å²) in [6, 6.07) is 5.62. The third-order valence-corrected chi connectivity index (χ3v) is 3.17. The molecule has 1 aromatic rings. The molecule has 1 rings (SSSR count). The van der Waals surface area contributed by atoms with Gasteiger partial charge in [0.1, 0.15) is 11.8 Å². The Kier molecular flexibility index (Phi) is 8.62. The highest BCUT2D eigenvalue weighted by Crippen LogP contribution is 2.14. The van der Waals surface area contributed by atoms with Gasteiger partial charge in [0.15, 0.2) is 13.2 Å². The van der Waals surface area contributed by atoms with Crippen molar-refractivity contribution in [1.29, 1.82) is 0 Å². The number of nitrogens with one attached hydrogen (secondary N) is 1. The Morgan fingerprint density at radius 2 is 1.54 bits per heavy atom. The Balaban J connectivity index is 2.69. The molecule has 142 valence electrons. The van der Waals surface area contributed by atoms with Crippen LogP contribution in [0.15, 0.2) is 24.3 Å². The van der Waals surface area contributed by atoms with Crippen LogP contribution in [0.3, 0.4) is 0 Å². The van der Waals surface area contributed by atoms with Crippen LogP contribution in [0.25, 0.3) is 0 Å². The minimum atomic E-state index is -0.959. The number of carbonyl (C=O) groups is 4. The molecule has 0 aliphatic heterocycles. The van der Waals surface area contributed by atoms with Crippen molar-refractivity contribution in [3.8, 4) is 5.75 Å². The van der Waals surface area contributed by atoms with Gasteiger partial charge < -0.3 is 24.3 Å². The Morgan fingerprint density at radius 3 is 2.08 bits per heavy atom. The van der Waals surface area contributed by atoms with Gasteiger partial charge in [0, 0.05) is 13.3 Å². The second-order valence-electron chi connectivity index (χ2n) is 5.15. The van der Waals surface area contributed by atoms with Crippen molar-refractivity contribution in [2.45, 2.75) is 19.4 Å². The molecule has 0 aliphatic rings. The second-order valence-corrected chi connectivity index (χ2v) is 5.15. The minimum Gasteiger partial charge on any atom is -0.482 e. The van der Waals surface area contributed by atoms with E-state index in [2.05, 4.69) is 14.8 Å². The molecule has 0 aromatic heterocycles. The van der Waals surface area contributed by atoms with E-state index in [1.807, 2.05) is 0 Å². The highest BCUT2D eigenvalue weighted by molar-refractivity contribution is 5.85. The summed E-state index contributed by atoms with van der Waals surface area (Å²) in [7, 11) is 2.43. The van der Waals surface area contributed by atoms with E-state index in [1.54, 1.807) is 24.3 Å². The zero-order valence-corrected chi connectivity index (χ0v) is 14.8. The highest BCUT2D eigenvalue weighted by atomic mass is 16.6. The average molecular weight is 367 g/mol. The Hall–Kier alpha value is -3.10. The molecular weight excluding hydrogens is 346 g/mol. The first kappa shape index (κ1) is 20.9. The van der Waals surface area contributed by atoms with Gasteiger partial charge in [-0.25, -0.2) is 14.4 Å². The molecule has 1 amide bonds. The number of hydrogen-bond acceptors (Lipinski definition) is 8. The summed E-state index contributed by atoms with van der Waals surface area (Å²) >= 11 is 0. The van der Waals surface area contributed by atoms with Crippen molar-refractivity contribution in [1.82, 2.24) is 5.32 Å². The van der Waals surface area contributed by atoms with Crippen molar-refractivity contribution < 1.29 is 38.1 Å². The summed E-state index contributed by atoms with van der Waals surface area (Å²) in [5.74, 6) is -1.93. The molecule has 1 aromatic carbocycles. The summed E-state index contributed by atoms with van der Waals surface area (Å²) in [5, 5.41) is 2.47. The summed E-state index contributed by atoms with van der Waals surface area (Å²) in [5.41, 5.74) is 0.712. The predicted octanol–water partition coefficient (Wildman–Crippen LogP) is 0.00180. The van der Waals surface area contributed by atoms with E-state index in [4.69, 9.17) is 9.47 Å². The molecule has 0 aliphatic carbocycles. The van der Waals surface area contributed by atoms with Gasteiger partial charge in [0.25, 0.3) is 0 Å². The molecule has 1 N–H and O–H groups in total. The zero-order valence-electron chi connectivity index (χ0n) is 14.8. The standard InChI is InChI=1S/C17H21NO8/c1-11(19)18-14(17(22)26-10-16(21)24-3)8-12-4-6-13(7-5-12)25-9-15(20)23-2/h4-7,14H,8-10H2,1-3H3,(H,18,19)/t14-/m1/s1. The lowest BCUT2D eigenvalue weighted by atomic mass is 10.1. The molecule has 9 heteroatoms. The predicted molar refractivity (Wildman–Crippen MR) is 88.2 cm³/mol. The molecule has 0 unspecified atom stereocenters. The number of carbonyl (C=O) groups excluding carboxylic acids is 4. The Labute approximate surface area is 150 Å². The van der Waals surface area contributed by atoms with Crippen LogP contribution in [0, 0.1) is 0 Å². The quantitative estimate of drug-likeness (QED) is 0.479. The van der Waals surface area contributed by atoms with Gasteiger partial charge in [-0.05, 0) is 17.7 Å². The maximum Gasteiger partial charge on any atom is 0.344 e. The Morgan fingerprint density at radius 1 is 0.962 bits per heavy atom. The van der Waals surface area contributed by atoms with E-state index in [-0.39, 0.29) is 13.0 Å². The molecule has 1 atom stereocenters. The molecule has 0 radical (unpaired) electrons. The monoisotopic (exact) mass is 367 g/mol. The van der Waals surface area contributed by atoms with Crippen LogP contribution in [-0.2, 0) is 39.8 Å². The minimum absolute atomic E-state index is 0.150. The lowest BCUT2D eigenvalue weighted by Crippen LogP contribution is -2.42. The average Bonchev–Trinajstić information content (AvgIpc) is 2.63. The van der Waals surface area contributed by atoms with Gasteiger partial charge in [0.05, 0.1) is 14.2 Å². The molecule has 0 bridgehead atoms. The van der Waals surface area contributed by atoms with Crippen LogP contribution in [-0.4, -0.2) is 57.3 Å². The van der Waals surface area contributed by atoms with E-state index in [0.29, 0.717) is 11.3 Å². The van der Waals surface area contributed by atoms with E-state index in [0.717, 1.165) is 0 Å². The lowest BCUT2D eigenvalue weighted by Gasteiger charge is -2.16. The van der Waals surface area contributed by atoms with Crippen molar-refractivity contribution in [3.63, 3.8) is 0 Å². The molecule has 0 saturated heterocycles. The zero-order chi connectivity index (χ0) is 19.5. The van der Waals surface area contributed by atoms with Gasteiger partial charge in [0.2, 0.25) is 5.91 Å². The van der Waals surface area contributed by atoms with Crippen LogP contribution in [0.1, 0.15) is 12.5 Å². The van der Waals surface area contributed by atoms with Gasteiger partial charge >= 0.3 is 17.9 Å². The number of benzene rings is 1. The molecule has 0 spiro atoms. The summed E-state index contributed by atoms with van der Waals surface area (Å²) in [4.78, 5) is 45.4. The number of amides is 1. The first-order valence-corrected chi connectivity index (χ1v) is 7.64. The van der Waals surface area contributed by atoms with E-state index >= 15 is 0 Å². The highest BCUT2D eigenvalue weighted by Gasteiger charge is 2.22. The fraction of sp³-hybridized carbons (Fsp3) is 0.412. The third-order valence-electron chi connectivity index (χ3n) is 3.17. The Bertz CT molecular complexity index is 641. The first-order chi connectivity index (χ1) is 12.3. The smallest absolute Gasteiger partial charge is 0.344 e. The number of rotatable bonds is 9. The summed E-state index contributed by atoms with van der Waals surface area (Å²) < 4.78 is 18.9. The number of ether oxygens (including phenoxy) is 4.